The van der Waals surface area contributed by atoms with Crippen LogP contribution in [0.15, 0.2) is 82.2 Å². The minimum atomic E-state index is -3.70. The number of halogens is 1. The number of carbonyl (C=O) groups is 1. The van der Waals surface area contributed by atoms with Crippen LogP contribution < -0.4 is 9.62 Å². The van der Waals surface area contributed by atoms with Crippen LogP contribution in [0, 0.1) is 6.92 Å². The van der Waals surface area contributed by atoms with Crippen molar-refractivity contribution in [2.45, 2.75) is 25.2 Å². The largest absolute Gasteiger partial charge is 0.321 e. The van der Waals surface area contributed by atoms with Gasteiger partial charge in [-0.3, -0.25) is 9.10 Å². The highest BCUT2D eigenvalue weighted by Crippen LogP contribution is 2.32. The maximum absolute atomic E-state index is 13.4. The van der Waals surface area contributed by atoms with E-state index in [0.29, 0.717) is 29.2 Å². The van der Waals surface area contributed by atoms with Crippen molar-refractivity contribution in [3.8, 4) is 0 Å². The normalized spacial score (nSPS) is 11.5. The molecule has 4 rings (SSSR count). The third-order valence-electron chi connectivity index (χ3n) is 5.13. The Morgan fingerprint density at radius 1 is 1.03 bits per heavy atom. The minimum absolute atomic E-state index is 0.200. The molecule has 0 bridgehead atoms. The van der Waals surface area contributed by atoms with Gasteiger partial charge in [0.15, 0.2) is 0 Å². The number of amides is 1. The van der Waals surface area contributed by atoms with Gasteiger partial charge < -0.3 is 5.32 Å². The summed E-state index contributed by atoms with van der Waals surface area (Å²) in [5.41, 5.74) is 2.29. The first-order valence-corrected chi connectivity index (χ1v) is 13.5. The van der Waals surface area contributed by atoms with Crippen molar-refractivity contribution in [2.24, 2.45) is 0 Å². The number of nitrogens with zero attached hydrogens (tertiary/aromatic N) is 1. The summed E-state index contributed by atoms with van der Waals surface area (Å²) < 4.78 is 30.0. The topological polar surface area (TPSA) is 66.5 Å². The highest BCUT2D eigenvalue weighted by Gasteiger charge is 2.25. The molecule has 0 unspecified atom stereocenters. The number of fused-ring (bicyclic) bond motifs is 1. The van der Waals surface area contributed by atoms with Gasteiger partial charge in [-0.25, -0.2) is 8.42 Å². The highest BCUT2D eigenvalue weighted by molar-refractivity contribution is 9.10. The van der Waals surface area contributed by atoms with E-state index in [1.807, 2.05) is 50.2 Å². The molecule has 0 aliphatic heterocycles. The summed E-state index contributed by atoms with van der Waals surface area (Å²) in [4.78, 5) is 13.6. The van der Waals surface area contributed by atoms with E-state index in [4.69, 9.17) is 0 Å². The van der Waals surface area contributed by atoms with Gasteiger partial charge in [-0.1, -0.05) is 46.6 Å². The van der Waals surface area contributed by atoms with Crippen molar-refractivity contribution in [1.29, 1.82) is 0 Å². The summed E-state index contributed by atoms with van der Waals surface area (Å²) in [7, 11) is -3.70. The number of thiophene rings is 1. The molecule has 5 nitrogen and oxygen atoms in total. The van der Waals surface area contributed by atoms with E-state index in [1.54, 1.807) is 36.4 Å². The molecule has 33 heavy (non-hydrogen) atoms. The first-order chi connectivity index (χ1) is 15.8. The van der Waals surface area contributed by atoms with E-state index in [1.165, 1.54) is 15.6 Å². The Morgan fingerprint density at radius 2 is 1.79 bits per heavy atom. The fourth-order valence-corrected chi connectivity index (χ4v) is 6.37. The Hall–Kier alpha value is -2.68. The summed E-state index contributed by atoms with van der Waals surface area (Å²) in [6.45, 7) is 4.24. The number of anilines is 2. The Bertz CT molecular complexity index is 1410. The van der Waals surface area contributed by atoms with Gasteiger partial charge >= 0.3 is 0 Å². The maximum Gasteiger partial charge on any atom is 0.265 e. The van der Waals surface area contributed by atoms with E-state index in [9.17, 15) is 13.2 Å². The first kappa shape index (κ1) is 23.5. The van der Waals surface area contributed by atoms with Crippen LogP contribution in [0.2, 0.25) is 0 Å². The predicted molar refractivity (Wildman–Crippen MR) is 140 cm³/mol. The second kappa shape index (κ2) is 9.67. The van der Waals surface area contributed by atoms with Crippen molar-refractivity contribution >= 4 is 64.7 Å². The van der Waals surface area contributed by atoms with Crippen LogP contribution in [0.1, 0.15) is 28.6 Å². The van der Waals surface area contributed by atoms with E-state index in [2.05, 4.69) is 21.2 Å². The van der Waals surface area contributed by atoms with Crippen LogP contribution >= 0.6 is 27.3 Å². The fourth-order valence-electron chi connectivity index (χ4n) is 3.49. The van der Waals surface area contributed by atoms with E-state index >= 15 is 0 Å². The molecule has 0 aliphatic rings. The van der Waals surface area contributed by atoms with Crippen molar-refractivity contribution in [2.75, 3.05) is 16.2 Å². The lowest BCUT2D eigenvalue weighted by atomic mass is 10.2. The van der Waals surface area contributed by atoms with Crippen molar-refractivity contribution in [1.82, 2.24) is 0 Å². The summed E-state index contributed by atoms with van der Waals surface area (Å²) >= 11 is 4.78. The predicted octanol–water partition coefficient (Wildman–Crippen LogP) is 6.83. The molecular formula is C25H23BrN2O3S2. The summed E-state index contributed by atoms with van der Waals surface area (Å²) in [5.74, 6) is -0.200. The fraction of sp³-hybridized carbons (Fsp3) is 0.160. The zero-order valence-corrected chi connectivity index (χ0v) is 21.4. The zero-order chi connectivity index (χ0) is 23.6. The van der Waals surface area contributed by atoms with Gasteiger partial charge in [0.05, 0.1) is 15.5 Å². The molecule has 0 aliphatic carbocycles. The van der Waals surface area contributed by atoms with E-state index in [-0.39, 0.29) is 10.8 Å². The molecule has 1 aromatic heterocycles. The van der Waals surface area contributed by atoms with Crippen LogP contribution in [0.3, 0.4) is 0 Å². The lowest BCUT2D eigenvalue weighted by Gasteiger charge is -2.24. The third-order valence-corrected chi connectivity index (χ3v) is 8.58. The van der Waals surface area contributed by atoms with Crippen LogP contribution in [0.5, 0.6) is 0 Å². The molecular weight excluding hydrogens is 520 g/mol. The number of hydrogen-bond acceptors (Lipinski definition) is 4. The van der Waals surface area contributed by atoms with Gasteiger partial charge in [-0.15, -0.1) is 11.3 Å². The number of sulfonamides is 1. The van der Waals surface area contributed by atoms with Gasteiger partial charge in [0.25, 0.3) is 15.9 Å². The quantitative estimate of drug-likeness (QED) is 0.278. The monoisotopic (exact) mass is 542 g/mol. The average molecular weight is 544 g/mol. The maximum atomic E-state index is 13.4. The van der Waals surface area contributed by atoms with Crippen LogP contribution in [-0.4, -0.2) is 20.9 Å². The molecule has 0 saturated heterocycles. The average Bonchev–Trinajstić information content (AvgIpc) is 3.21. The number of nitrogens with one attached hydrogen (secondary N) is 1. The summed E-state index contributed by atoms with van der Waals surface area (Å²) in [6.07, 6.45) is 0.674. The Balaban J connectivity index is 1.66. The van der Waals surface area contributed by atoms with Crippen molar-refractivity contribution in [3.05, 3.63) is 87.7 Å². The number of aryl methyl sites for hydroxylation is 1. The molecule has 3 aromatic carbocycles. The molecule has 1 N–H and O–H groups in total. The Kier molecular flexibility index (Phi) is 6.88. The van der Waals surface area contributed by atoms with Gasteiger partial charge in [0, 0.05) is 21.4 Å². The van der Waals surface area contributed by atoms with Gasteiger partial charge in [0.2, 0.25) is 0 Å². The lowest BCUT2D eigenvalue weighted by molar-refractivity contribution is 0.103. The van der Waals surface area contributed by atoms with Crippen LogP contribution in [0.4, 0.5) is 11.4 Å². The number of carbonyl (C=O) groups excluding carboxylic acids is 1. The standard InChI is InChI=1S/C25H23BrN2O3S2/c1-3-13-28(33(30,31)22-10-7-17(2)8-11-22)21-9-12-23-18(14-21)15-24(32-23)25(29)27-20-6-4-5-19(26)16-20/h4-12,14-16H,3,13H2,1-2H3,(H,27,29). The molecule has 0 fully saturated rings. The molecule has 4 aromatic rings. The van der Waals surface area contributed by atoms with Crippen molar-refractivity contribution < 1.29 is 13.2 Å². The Labute approximate surface area is 206 Å². The van der Waals surface area contributed by atoms with Crippen LogP contribution in [0.25, 0.3) is 10.1 Å². The highest BCUT2D eigenvalue weighted by atomic mass is 79.9. The molecule has 170 valence electrons. The second-order valence-corrected chi connectivity index (χ2v) is 11.5. The molecule has 0 saturated carbocycles. The molecule has 0 atom stereocenters. The second-order valence-electron chi connectivity index (χ2n) is 7.69. The summed E-state index contributed by atoms with van der Waals surface area (Å²) in [6, 6.07) is 21.6. The van der Waals surface area contributed by atoms with Crippen LogP contribution in [-0.2, 0) is 10.0 Å². The van der Waals surface area contributed by atoms with E-state index in [0.717, 1.165) is 20.1 Å². The Morgan fingerprint density at radius 3 is 2.48 bits per heavy atom. The smallest absolute Gasteiger partial charge is 0.265 e. The third kappa shape index (κ3) is 5.13. The van der Waals surface area contributed by atoms with Gasteiger partial charge in [0.1, 0.15) is 0 Å². The number of rotatable bonds is 7. The molecule has 0 spiro atoms. The van der Waals surface area contributed by atoms with Crippen molar-refractivity contribution in [3.63, 3.8) is 0 Å². The van der Waals surface area contributed by atoms with E-state index < -0.39 is 10.0 Å². The number of benzene rings is 3. The SMILES string of the molecule is CCCN(c1ccc2sc(C(=O)Nc3cccc(Br)c3)cc2c1)S(=O)(=O)c1ccc(C)cc1. The zero-order valence-electron chi connectivity index (χ0n) is 18.2. The minimum Gasteiger partial charge on any atom is -0.321 e. The molecule has 1 heterocycles. The first-order valence-electron chi connectivity index (χ1n) is 10.5. The molecule has 8 heteroatoms. The molecule has 1 amide bonds. The number of hydrogen-bond donors (Lipinski definition) is 1. The van der Waals surface area contributed by atoms with Gasteiger partial charge in [-0.05, 0) is 73.3 Å². The van der Waals surface area contributed by atoms with Gasteiger partial charge in [-0.2, -0.15) is 0 Å². The lowest BCUT2D eigenvalue weighted by Crippen LogP contribution is -2.31. The molecule has 0 radical (unpaired) electrons. The summed E-state index contributed by atoms with van der Waals surface area (Å²) in [5, 5.41) is 3.73.